The maximum atomic E-state index is 12.2. The average Bonchev–Trinajstić information content (AvgIpc) is 3.01. The monoisotopic (exact) mass is 322 g/mol. The van der Waals surface area contributed by atoms with Gasteiger partial charge < -0.3 is 15.0 Å². The molecule has 1 atom stereocenters. The van der Waals surface area contributed by atoms with Crippen molar-refractivity contribution in [1.29, 1.82) is 0 Å². The fourth-order valence-electron chi connectivity index (χ4n) is 2.72. The molecular formula is C19H18N2O3. The van der Waals surface area contributed by atoms with E-state index in [4.69, 9.17) is 0 Å². The zero-order chi connectivity index (χ0) is 16.9. The molecule has 2 aromatic carbocycles. The van der Waals surface area contributed by atoms with Gasteiger partial charge in [-0.05, 0) is 23.1 Å². The van der Waals surface area contributed by atoms with Crippen LogP contribution in [0.25, 0.3) is 10.9 Å². The number of aromatic nitrogens is 1. The first kappa shape index (κ1) is 15.8. The van der Waals surface area contributed by atoms with Gasteiger partial charge in [0.1, 0.15) is 0 Å². The Morgan fingerprint density at radius 1 is 1.00 bits per heavy atom. The normalized spacial score (nSPS) is 12.0. The fraction of sp³-hybridized carbons (Fsp3) is 0.158. The van der Waals surface area contributed by atoms with Crippen LogP contribution in [0.15, 0.2) is 66.9 Å². The number of hydrogen-bond acceptors (Lipinski definition) is 2. The average molecular weight is 322 g/mol. The van der Waals surface area contributed by atoms with Crippen LogP contribution in [-0.4, -0.2) is 21.6 Å². The second kappa shape index (κ2) is 7.00. The zero-order valence-electron chi connectivity index (χ0n) is 13.1. The minimum Gasteiger partial charge on any atom is -0.479 e. The SMILES string of the molecule is O=C(CCn1ccc2ccccc21)NC(C(=O)O)c1ccccc1. The summed E-state index contributed by atoms with van der Waals surface area (Å²) in [7, 11) is 0. The first-order valence-corrected chi connectivity index (χ1v) is 7.76. The lowest BCUT2D eigenvalue weighted by Crippen LogP contribution is -2.34. The van der Waals surface area contributed by atoms with Gasteiger partial charge in [0, 0.05) is 24.7 Å². The molecule has 0 saturated carbocycles. The molecule has 1 unspecified atom stereocenters. The molecule has 0 bridgehead atoms. The molecule has 0 fully saturated rings. The van der Waals surface area contributed by atoms with E-state index in [1.54, 1.807) is 30.3 Å². The Morgan fingerprint density at radius 3 is 2.46 bits per heavy atom. The minimum atomic E-state index is -1.07. The van der Waals surface area contributed by atoms with Crippen molar-refractivity contribution >= 4 is 22.8 Å². The third kappa shape index (κ3) is 3.46. The molecule has 5 heteroatoms. The molecule has 3 aromatic rings. The third-order valence-corrected chi connectivity index (χ3v) is 3.95. The number of para-hydroxylation sites is 1. The number of carboxylic acids is 1. The van der Waals surface area contributed by atoms with Gasteiger partial charge in [0.15, 0.2) is 6.04 Å². The van der Waals surface area contributed by atoms with Crippen LogP contribution >= 0.6 is 0 Å². The molecule has 0 aliphatic heterocycles. The summed E-state index contributed by atoms with van der Waals surface area (Å²) in [6, 6.07) is 17.6. The summed E-state index contributed by atoms with van der Waals surface area (Å²) >= 11 is 0. The second-order valence-corrected chi connectivity index (χ2v) is 5.57. The molecule has 0 saturated heterocycles. The van der Waals surface area contributed by atoms with Gasteiger partial charge in [0.25, 0.3) is 0 Å². The maximum absolute atomic E-state index is 12.2. The fourth-order valence-corrected chi connectivity index (χ4v) is 2.72. The molecule has 122 valence electrons. The molecule has 0 aliphatic rings. The van der Waals surface area contributed by atoms with Crippen molar-refractivity contribution in [1.82, 2.24) is 9.88 Å². The quantitative estimate of drug-likeness (QED) is 0.733. The first-order chi connectivity index (χ1) is 11.6. The number of fused-ring (bicyclic) bond motifs is 1. The van der Waals surface area contributed by atoms with Crippen LogP contribution in [-0.2, 0) is 16.1 Å². The zero-order valence-corrected chi connectivity index (χ0v) is 13.1. The number of rotatable bonds is 6. The van der Waals surface area contributed by atoms with E-state index in [0.29, 0.717) is 12.1 Å². The topological polar surface area (TPSA) is 71.3 Å². The first-order valence-electron chi connectivity index (χ1n) is 7.76. The Hall–Kier alpha value is -3.08. The van der Waals surface area contributed by atoms with Crippen LogP contribution in [0.5, 0.6) is 0 Å². The number of amides is 1. The predicted molar refractivity (Wildman–Crippen MR) is 91.5 cm³/mol. The Morgan fingerprint density at radius 2 is 1.71 bits per heavy atom. The molecule has 1 aromatic heterocycles. The Kier molecular flexibility index (Phi) is 4.61. The maximum Gasteiger partial charge on any atom is 0.330 e. The van der Waals surface area contributed by atoms with E-state index in [9.17, 15) is 14.7 Å². The molecule has 3 rings (SSSR count). The van der Waals surface area contributed by atoms with Crippen LogP contribution in [0.3, 0.4) is 0 Å². The lowest BCUT2D eigenvalue weighted by molar-refractivity contribution is -0.142. The highest BCUT2D eigenvalue weighted by atomic mass is 16.4. The van der Waals surface area contributed by atoms with Crippen molar-refractivity contribution in [3.05, 3.63) is 72.4 Å². The lowest BCUT2D eigenvalue weighted by Gasteiger charge is -2.15. The summed E-state index contributed by atoms with van der Waals surface area (Å²) in [5.74, 6) is -1.36. The molecule has 2 N–H and O–H groups in total. The van der Waals surface area contributed by atoms with Crippen molar-refractivity contribution < 1.29 is 14.7 Å². The van der Waals surface area contributed by atoms with Crippen LogP contribution in [0.2, 0.25) is 0 Å². The van der Waals surface area contributed by atoms with Gasteiger partial charge in [-0.15, -0.1) is 0 Å². The minimum absolute atomic E-state index is 0.218. The molecule has 0 aliphatic carbocycles. The van der Waals surface area contributed by atoms with Crippen molar-refractivity contribution in [2.75, 3.05) is 0 Å². The Bertz CT molecular complexity index is 855. The largest absolute Gasteiger partial charge is 0.479 e. The molecule has 5 nitrogen and oxygen atoms in total. The molecule has 0 radical (unpaired) electrons. The number of carbonyl (C=O) groups is 2. The van der Waals surface area contributed by atoms with Gasteiger partial charge in [-0.25, -0.2) is 4.79 Å². The van der Waals surface area contributed by atoms with Gasteiger partial charge in [0.05, 0.1) is 0 Å². The van der Waals surface area contributed by atoms with E-state index in [0.717, 1.165) is 10.9 Å². The standard InChI is InChI=1S/C19H18N2O3/c22-17(20-18(19(23)24)15-7-2-1-3-8-15)11-13-21-12-10-14-6-4-5-9-16(14)21/h1-10,12,18H,11,13H2,(H,20,22)(H,23,24). The number of aryl methyl sites for hydroxylation is 1. The highest BCUT2D eigenvalue weighted by Crippen LogP contribution is 2.16. The van der Waals surface area contributed by atoms with Gasteiger partial charge in [-0.1, -0.05) is 48.5 Å². The van der Waals surface area contributed by atoms with Crippen LogP contribution in [0.1, 0.15) is 18.0 Å². The van der Waals surface area contributed by atoms with Gasteiger partial charge in [0.2, 0.25) is 5.91 Å². The van der Waals surface area contributed by atoms with Gasteiger partial charge >= 0.3 is 5.97 Å². The third-order valence-electron chi connectivity index (χ3n) is 3.95. The van der Waals surface area contributed by atoms with Crippen molar-refractivity contribution in [2.24, 2.45) is 0 Å². The van der Waals surface area contributed by atoms with Gasteiger partial charge in [-0.3, -0.25) is 4.79 Å². The van der Waals surface area contributed by atoms with E-state index in [1.807, 2.05) is 41.1 Å². The predicted octanol–water partition coefficient (Wildman–Crippen LogP) is 2.97. The summed E-state index contributed by atoms with van der Waals surface area (Å²) in [4.78, 5) is 23.6. The van der Waals surface area contributed by atoms with E-state index in [1.165, 1.54) is 0 Å². The highest BCUT2D eigenvalue weighted by Gasteiger charge is 2.21. The Balaban J connectivity index is 1.65. The molecule has 0 spiro atoms. The van der Waals surface area contributed by atoms with E-state index in [-0.39, 0.29) is 12.3 Å². The number of carbonyl (C=O) groups excluding carboxylic acids is 1. The number of benzene rings is 2. The number of nitrogens with zero attached hydrogens (tertiary/aromatic N) is 1. The number of nitrogens with one attached hydrogen (secondary N) is 1. The Labute approximate surface area is 139 Å². The van der Waals surface area contributed by atoms with Gasteiger partial charge in [-0.2, -0.15) is 0 Å². The smallest absolute Gasteiger partial charge is 0.330 e. The molecule has 1 amide bonds. The van der Waals surface area contributed by atoms with Crippen LogP contribution < -0.4 is 5.32 Å². The molecule has 24 heavy (non-hydrogen) atoms. The number of carboxylic acid groups (broad SMARTS) is 1. The highest BCUT2D eigenvalue weighted by molar-refractivity contribution is 5.85. The molecule has 1 heterocycles. The van der Waals surface area contributed by atoms with Crippen molar-refractivity contribution in [2.45, 2.75) is 19.0 Å². The lowest BCUT2D eigenvalue weighted by atomic mass is 10.1. The number of hydrogen-bond donors (Lipinski definition) is 2. The van der Waals surface area contributed by atoms with Crippen molar-refractivity contribution in [3.63, 3.8) is 0 Å². The summed E-state index contributed by atoms with van der Waals surface area (Å²) in [5, 5.41) is 13.1. The summed E-state index contributed by atoms with van der Waals surface area (Å²) in [6.45, 7) is 0.500. The van der Waals surface area contributed by atoms with E-state index < -0.39 is 12.0 Å². The summed E-state index contributed by atoms with van der Waals surface area (Å²) < 4.78 is 1.99. The van der Waals surface area contributed by atoms with E-state index >= 15 is 0 Å². The summed E-state index contributed by atoms with van der Waals surface area (Å²) in [5.41, 5.74) is 1.62. The number of aliphatic carboxylic acids is 1. The van der Waals surface area contributed by atoms with E-state index in [2.05, 4.69) is 5.32 Å². The summed E-state index contributed by atoms with van der Waals surface area (Å²) in [6.07, 6.45) is 2.15. The molecular weight excluding hydrogens is 304 g/mol. The van der Waals surface area contributed by atoms with Crippen LogP contribution in [0, 0.1) is 0 Å². The second-order valence-electron chi connectivity index (χ2n) is 5.57. The van der Waals surface area contributed by atoms with Crippen molar-refractivity contribution in [3.8, 4) is 0 Å². The van der Waals surface area contributed by atoms with Crippen LogP contribution in [0.4, 0.5) is 0 Å².